The largest absolute Gasteiger partial charge is 0.493 e. The molecule has 0 fully saturated rings. The third-order valence-corrected chi connectivity index (χ3v) is 3.72. The Bertz CT molecular complexity index is 609. The minimum absolute atomic E-state index is 0. The minimum Gasteiger partial charge on any atom is -0.493 e. The fourth-order valence-electron chi connectivity index (χ4n) is 2.23. The van der Waals surface area contributed by atoms with E-state index in [-0.39, 0.29) is 23.9 Å². The Morgan fingerprint density at radius 2 is 1.65 bits per heavy atom. The van der Waals surface area contributed by atoms with E-state index in [1.165, 1.54) is 0 Å². The van der Waals surface area contributed by atoms with Crippen LogP contribution in [0.15, 0.2) is 48.5 Å². The quantitative estimate of drug-likeness (QED) is 0.858. The van der Waals surface area contributed by atoms with Gasteiger partial charge in [0.15, 0.2) is 11.5 Å². The number of ether oxygens (including phenoxy) is 2. The third kappa shape index (κ3) is 5.15. The second-order valence-electron chi connectivity index (χ2n) is 6.53. The summed E-state index contributed by atoms with van der Waals surface area (Å²) >= 11 is 0. The molecule has 0 saturated carbocycles. The molecule has 0 aliphatic heterocycles. The van der Waals surface area contributed by atoms with Gasteiger partial charge in [-0.15, -0.1) is 12.4 Å². The standard InChI is InChI=1S/C19H25NO2.ClH/c1-19(2,3)18(20)15-10-11-16(21-4)17(12-15)22-13-14-8-6-5-7-9-14;/h5-12,18H,13,20H2,1-4H3;1H/t18-;/m1./s1. The molecular weight excluding hydrogens is 310 g/mol. The smallest absolute Gasteiger partial charge is 0.161 e. The molecule has 1 atom stereocenters. The fraction of sp³-hybridized carbons (Fsp3) is 0.368. The molecule has 0 unspecified atom stereocenters. The van der Waals surface area contributed by atoms with Gasteiger partial charge in [0, 0.05) is 6.04 Å². The van der Waals surface area contributed by atoms with Crippen molar-refractivity contribution in [2.75, 3.05) is 7.11 Å². The zero-order valence-corrected chi connectivity index (χ0v) is 15.0. The molecule has 0 heterocycles. The van der Waals surface area contributed by atoms with E-state index >= 15 is 0 Å². The van der Waals surface area contributed by atoms with Crippen LogP contribution in [0.1, 0.15) is 37.9 Å². The van der Waals surface area contributed by atoms with Gasteiger partial charge in [-0.25, -0.2) is 0 Å². The highest BCUT2D eigenvalue weighted by atomic mass is 35.5. The molecule has 0 saturated heterocycles. The molecule has 2 aromatic rings. The maximum absolute atomic E-state index is 6.34. The summed E-state index contributed by atoms with van der Waals surface area (Å²) in [5.41, 5.74) is 8.51. The van der Waals surface area contributed by atoms with Gasteiger partial charge in [0.25, 0.3) is 0 Å². The van der Waals surface area contributed by atoms with Crippen molar-refractivity contribution in [2.24, 2.45) is 11.1 Å². The Hall–Kier alpha value is -1.71. The van der Waals surface area contributed by atoms with Crippen molar-refractivity contribution in [1.29, 1.82) is 0 Å². The van der Waals surface area contributed by atoms with Gasteiger partial charge in [0.1, 0.15) is 6.61 Å². The van der Waals surface area contributed by atoms with Crippen LogP contribution in [0.4, 0.5) is 0 Å². The van der Waals surface area contributed by atoms with E-state index in [9.17, 15) is 0 Å². The molecule has 23 heavy (non-hydrogen) atoms. The molecule has 2 N–H and O–H groups in total. The molecule has 0 aliphatic carbocycles. The SMILES string of the molecule is COc1ccc([C@@H](N)C(C)(C)C)cc1OCc1ccccc1.Cl. The van der Waals surface area contributed by atoms with Crippen molar-refractivity contribution in [3.63, 3.8) is 0 Å². The molecule has 4 heteroatoms. The first-order valence-electron chi connectivity index (χ1n) is 7.52. The summed E-state index contributed by atoms with van der Waals surface area (Å²) in [5, 5.41) is 0. The van der Waals surface area contributed by atoms with Crippen molar-refractivity contribution in [3.05, 3.63) is 59.7 Å². The summed E-state index contributed by atoms with van der Waals surface area (Å²) in [4.78, 5) is 0. The number of benzene rings is 2. The van der Waals surface area contributed by atoms with Crippen LogP contribution < -0.4 is 15.2 Å². The summed E-state index contributed by atoms with van der Waals surface area (Å²) in [6, 6.07) is 15.9. The van der Waals surface area contributed by atoms with Gasteiger partial charge in [-0.3, -0.25) is 0 Å². The van der Waals surface area contributed by atoms with Gasteiger partial charge < -0.3 is 15.2 Å². The maximum Gasteiger partial charge on any atom is 0.161 e. The lowest BCUT2D eigenvalue weighted by Crippen LogP contribution is -2.26. The van der Waals surface area contributed by atoms with Crippen molar-refractivity contribution in [3.8, 4) is 11.5 Å². The van der Waals surface area contributed by atoms with Crippen LogP contribution in [0.2, 0.25) is 0 Å². The Balaban J connectivity index is 0.00000264. The van der Waals surface area contributed by atoms with E-state index in [0.717, 1.165) is 22.6 Å². The highest BCUT2D eigenvalue weighted by molar-refractivity contribution is 5.85. The molecule has 0 bridgehead atoms. The van der Waals surface area contributed by atoms with Gasteiger partial charge in [-0.05, 0) is 28.7 Å². The second-order valence-corrected chi connectivity index (χ2v) is 6.53. The molecule has 3 nitrogen and oxygen atoms in total. The average molecular weight is 336 g/mol. The number of hydrogen-bond acceptors (Lipinski definition) is 3. The summed E-state index contributed by atoms with van der Waals surface area (Å²) in [6.45, 7) is 6.90. The first-order chi connectivity index (χ1) is 10.4. The van der Waals surface area contributed by atoms with Gasteiger partial charge >= 0.3 is 0 Å². The zero-order valence-electron chi connectivity index (χ0n) is 14.2. The van der Waals surface area contributed by atoms with Crippen LogP contribution in [-0.2, 0) is 6.61 Å². The molecule has 0 amide bonds. The van der Waals surface area contributed by atoms with Crippen molar-refractivity contribution in [2.45, 2.75) is 33.4 Å². The third-order valence-electron chi connectivity index (χ3n) is 3.72. The molecule has 2 aromatic carbocycles. The lowest BCUT2D eigenvalue weighted by atomic mass is 9.83. The number of halogens is 1. The normalized spacial score (nSPS) is 12.2. The highest BCUT2D eigenvalue weighted by Gasteiger charge is 2.23. The molecule has 2 rings (SSSR count). The van der Waals surface area contributed by atoms with E-state index in [1.54, 1.807) is 7.11 Å². The summed E-state index contributed by atoms with van der Waals surface area (Å²) in [6.07, 6.45) is 0. The van der Waals surface area contributed by atoms with Crippen LogP contribution in [0.5, 0.6) is 11.5 Å². The van der Waals surface area contributed by atoms with Crippen molar-refractivity contribution < 1.29 is 9.47 Å². The van der Waals surface area contributed by atoms with E-state index in [0.29, 0.717) is 6.61 Å². The molecule has 0 spiro atoms. The first-order valence-corrected chi connectivity index (χ1v) is 7.52. The summed E-state index contributed by atoms with van der Waals surface area (Å²) < 4.78 is 11.3. The zero-order chi connectivity index (χ0) is 16.2. The Labute approximate surface area is 145 Å². The molecular formula is C19H26ClNO2. The molecule has 0 aromatic heterocycles. The van der Waals surface area contributed by atoms with E-state index in [2.05, 4.69) is 20.8 Å². The number of nitrogens with two attached hydrogens (primary N) is 1. The van der Waals surface area contributed by atoms with Gasteiger partial charge in [0.05, 0.1) is 7.11 Å². The monoisotopic (exact) mass is 335 g/mol. The lowest BCUT2D eigenvalue weighted by Gasteiger charge is -2.28. The second kappa shape index (κ2) is 8.23. The average Bonchev–Trinajstić information content (AvgIpc) is 2.52. The minimum atomic E-state index is -0.0579. The summed E-state index contributed by atoms with van der Waals surface area (Å²) in [5.74, 6) is 1.45. The van der Waals surface area contributed by atoms with E-state index in [1.807, 2.05) is 48.5 Å². The highest BCUT2D eigenvalue weighted by Crippen LogP contribution is 2.36. The Morgan fingerprint density at radius 3 is 2.22 bits per heavy atom. The number of methoxy groups -OCH3 is 1. The van der Waals surface area contributed by atoms with Crippen LogP contribution in [0, 0.1) is 5.41 Å². The van der Waals surface area contributed by atoms with Gasteiger partial charge in [0.2, 0.25) is 0 Å². The first kappa shape index (κ1) is 19.3. The van der Waals surface area contributed by atoms with Gasteiger partial charge in [-0.1, -0.05) is 57.2 Å². The van der Waals surface area contributed by atoms with Crippen LogP contribution in [-0.4, -0.2) is 7.11 Å². The van der Waals surface area contributed by atoms with Crippen molar-refractivity contribution >= 4 is 12.4 Å². The summed E-state index contributed by atoms with van der Waals surface area (Å²) in [7, 11) is 1.65. The van der Waals surface area contributed by atoms with Crippen molar-refractivity contribution in [1.82, 2.24) is 0 Å². The van der Waals surface area contributed by atoms with Crippen LogP contribution in [0.3, 0.4) is 0 Å². The molecule has 0 radical (unpaired) electrons. The van der Waals surface area contributed by atoms with E-state index in [4.69, 9.17) is 15.2 Å². The fourth-order valence-corrected chi connectivity index (χ4v) is 2.23. The van der Waals surface area contributed by atoms with Crippen LogP contribution >= 0.6 is 12.4 Å². The molecule has 0 aliphatic rings. The predicted molar refractivity (Wildman–Crippen MR) is 97.4 cm³/mol. The number of rotatable bonds is 5. The topological polar surface area (TPSA) is 44.5 Å². The van der Waals surface area contributed by atoms with Crippen LogP contribution in [0.25, 0.3) is 0 Å². The predicted octanol–water partition coefficient (Wildman–Crippen LogP) is 4.74. The lowest BCUT2D eigenvalue weighted by molar-refractivity contribution is 0.281. The Morgan fingerprint density at radius 1 is 1.00 bits per heavy atom. The number of hydrogen-bond donors (Lipinski definition) is 1. The maximum atomic E-state index is 6.34. The Kier molecular flexibility index (Phi) is 6.92. The van der Waals surface area contributed by atoms with E-state index < -0.39 is 0 Å². The van der Waals surface area contributed by atoms with Gasteiger partial charge in [-0.2, -0.15) is 0 Å². The molecule has 126 valence electrons.